The zero-order valence-electron chi connectivity index (χ0n) is 9.61. The summed E-state index contributed by atoms with van der Waals surface area (Å²) in [6.07, 6.45) is 0. The van der Waals surface area contributed by atoms with Gasteiger partial charge in [-0.25, -0.2) is 4.98 Å². The Morgan fingerprint density at radius 2 is 2.06 bits per heavy atom. The Bertz CT molecular complexity index is 566. The molecular weight excluding hydrogens is 234 g/mol. The Morgan fingerprint density at radius 3 is 2.72 bits per heavy atom. The predicted octanol–water partition coefficient (Wildman–Crippen LogP) is 0.181. The van der Waals surface area contributed by atoms with Gasteiger partial charge in [-0.1, -0.05) is 16.0 Å². The van der Waals surface area contributed by atoms with E-state index in [1.54, 1.807) is 18.2 Å². The van der Waals surface area contributed by atoms with E-state index in [1.165, 1.54) is 0 Å². The van der Waals surface area contributed by atoms with E-state index < -0.39 is 0 Å². The molecule has 0 amide bonds. The molecule has 0 bridgehead atoms. The first-order valence-corrected chi connectivity index (χ1v) is 5.72. The molecule has 1 aromatic heterocycles. The molecule has 7 nitrogen and oxygen atoms in total. The SMILES string of the molecule is O=[N+]1CCN=C1c1cccc(C2=NCCN2[O-])n1. The summed E-state index contributed by atoms with van der Waals surface area (Å²) in [6.45, 7) is 1.68. The Hall–Kier alpha value is -2.15. The Kier molecular flexibility index (Phi) is 2.60. The van der Waals surface area contributed by atoms with Crippen molar-refractivity contribution in [1.82, 2.24) is 10.0 Å². The fraction of sp³-hybridized carbons (Fsp3) is 0.364. The van der Waals surface area contributed by atoms with Gasteiger partial charge in [0, 0.05) is 6.54 Å². The molecule has 92 valence electrons. The highest BCUT2D eigenvalue weighted by molar-refractivity contribution is 5.99. The lowest BCUT2D eigenvalue weighted by Crippen LogP contribution is -2.24. The van der Waals surface area contributed by atoms with Gasteiger partial charge in [0.05, 0.1) is 6.54 Å². The second-order valence-corrected chi connectivity index (χ2v) is 4.02. The van der Waals surface area contributed by atoms with Crippen LogP contribution in [0.5, 0.6) is 0 Å². The number of hydrogen-bond donors (Lipinski definition) is 0. The number of aromatic nitrogens is 1. The largest absolute Gasteiger partial charge is 0.757 e. The summed E-state index contributed by atoms with van der Waals surface area (Å²) in [4.78, 5) is 24.0. The lowest BCUT2D eigenvalue weighted by atomic mass is 10.2. The lowest BCUT2D eigenvalue weighted by molar-refractivity contribution is -0.417. The van der Waals surface area contributed by atoms with Gasteiger partial charge in [0.2, 0.25) is 0 Å². The number of hydroxylamine groups is 2. The van der Waals surface area contributed by atoms with E-state index in [2.05, 4.69) is 15.0 Å². The first kappa shape index (κ1) is 11.0. The van der Waals surface area contributed by atoms with Gasteiger partial charge in [-0.2, -0.15) is 0 Å². The maximum atomic E-state index is 11.5. The standard InChI is InChI=1S/C11H11N5O2/c17-15-6-4-12-10(15)8-2-1-3-9(14-8)11-13-5-7-16(11)18/h1-3H,4-7H2. The zero-order valence-corrected chi connectivity index (χ0v) is 9.61. The third kappa shape index (κ3) is 1.78. The fourth-order valence-corrected chi connectivity index (χ4v) is 1.96. The van der Waals surface area contributed by atoms with E-state index in [9.17, 15) is 10.1 Å². The Labute approximate surface area is 103 Å². The highest BCUT2D eigenvalue weighted by Crippen LogP contribution is 2.11. The van der Waals surface area contributed by atoms with Gasteiger partial charge in [0.1, 0.15) is 11.5 Å². The third-order valence-corrected chi connectivity index (χ3v) is 2.81. The van der Waals surface area contributed by atoms with E-state index in [0.717, 1.165) is 9.82 Å². The molecule has 0 aromatic carbocycles. The summed E-state index contributed by atoms with van der Waals surface area (Å²) in [5.74, 6) is 0.654. The molecular formula is C11H11N5O2. The molecule has 0 spiro atoms. The molecule has 0 fully saturated rings. The monoisotopic (exact) mass is 245 g/mol. The van der Waals surface area contributed by atoms with Crippen LogP contribution < -0.4 is 0 Å². The summed E-state index contributed by atoms with van der Waals surface area (Å²) in [7, 11) is 0. The highest BCUT2D eigenvalue weighted by atomic mass is 16.5. The molecule has 3 heterocycles. The van der Waals surface area contributed by atoms with Crippen molar-refractivity contribution in [1.29, 1.82) is 0 Å². The minimum absolute atomic E-state index is 0.327. The van der Waals surface area contributed by atoms with Crippen LogP contribution in [0.4, 0.5) is 0 Å². The van der Waals surface area contributed by atoms with E-state index >= 15 is 0 Å². The molecule has 1 aromatic rings. The molecule has 0 atom stereocenters. The van der Waals surface area contributed by atoms with Crippen LogP contribution in [-0.4, -0.2) is 52.7 Å². The van der Waals surface area contributed by atoms with E-state index in [1.807, 2.05) is 0 Å². The topological polar surface area (TPSA) is 84.0 Å². The van der Waals surface area contributed by atoms with E-state index in [4.69, 9.17) is 0 Å². The summed E-state index contributed by atoms with van der Waals surface area (Å²) in [5, 5.41) is 12.3. The molecule has 7 heteroatoms. The Balaban J connectivity index is 1.97. The van der Waals surface area contributed by atoms with Crippen molar-refractivity contribution >= 4 is 11.7 Å². The minimum Gasteiger partial charge on any atom is -0.757 e. The average Bonchev–Trinajstić information content (AvgIpc) is 2.98. The van der Waals surface area contributed by atoms with Crippen LogP contribution in [0.2, 0.25) is 0 Å². The molecule has 2 aliphatic heterocycles. The van der Waals surface area contributed by atoms with Gasteiger partial charge in [-0.05, 0) is 16.9 Å². The first-order valence-electron chi connectivity index (χ1n) is 5.72. The molecule has 0 radical (unpaired) electrons. The normalized spacial score (nSPS) is 19.2. The summed E-state index contributed by atoms with van der Waals surface area (Å²) >= 11 is 0. The quantitative estimate of drug-likeness (QED) is 0.696. The van der Waals surface area contributed by atoms with Crippen molar-refractivity contribution in [2.45, 2.75) is 0 Å². The van der Waals surface area contributed by atoms with Crippen molar-refractivity contribution in [2.75, 3.05) is 26.2 Å². The molecule has 2 aliphatic rings. The van der Waals surface area contributed by atoms with Crippen LogP contribution in [0.1, 0.15) is 11.4 Å². The number of pyridine rings is 1. The van der Waals surface area contributed by atoms with Crippen molar-refractivity contribution in [3.63, 3.8) is 0 Å². The van der Waals surface area contributed by atoms with E-state index in [0.29, 0.717) is 49.2 Å². The molecule has 18 heavy (non-hydrogen) atoms. The molecule has 3 rings (SSSR count). The van der Waals surface area contributed by atoms with E-state index in [-0.39, 0.29) is 0 Å². The van der Waals surface area contributed by atoms with Gasteiger partial charge >= 0.3 is 5.84 Å². The molecule has 0 saturated heterocycles. The highest BCUT2D eigenvalue weighted by Gasteiger charge is 2.29. The molecule has 0 N–H and O–H groups in total. The first-order chi connectivity index (χ1) is 8.75. The second-order valence-electron chi connectivity index (χ2n) is 4.02. The van der Waals surface area contributed by atoms with Gasteiger partial charge in [0.25, 0.3) is 0 Å². The summed E-state index contributed by atoms with van der Waals surface area (Å²) < 4.78 is 0.817. The second kappa shape index (κ2) is 4.26. The van der Waals surface area contributed by atoms with Crippen molar-refractivity contribution < 1.29 is 4.76 Å². The van der Waals surface area contributed by atoms with Gasteiger partial charge in [-0.15, -0.1) is 0 Å². The maximum absolute atomic E-state index is 11.5. The Morgan fingerprint density at radius 1 is 1.22 bits per heavy atom. The average molecular weight is 245 g/mol. The number of rotatable bonds is 2. The van der Waals surface area contributed by atoms with Crippen LogP contribution in [0, 0.1) is 10.1 Å². The van der Waals surface area contributed by atoms with Crippen LogP contribution in [-0.2, 0) is 0 Å². The van der Waals surface area contributed by atoms with Crippen LogP contribution in [0.3, 0.4) is 0 Å². The number of amidine groups is 2. The smallest absolute Gasteiger partial charge is 0.381 e. The summed E-state index contributed by atoms with van der Waals surface area (Å²) in [5.41, 5.74) is 0.978. The van der Waals surface area contributed by atoms with Crippen molar-refractivity contribution in [3.8, 4) is 0 Å². The van der Waals surface area contributed by atoms with Gasteiger partial charge < -0.3 is 10.3 Å². The molecule has 0 aliphatic carbocycles. The number of hydrogen-bond acceptors (Lipinski definition) is 6. The fourth-order valence-electron chi connectivity index (χ4n) is 1.96. The molecule has 0 unspecified atom stereocenters. The number of aliphatic imine (C=N–C) groups is 2. The van der Waals surface area contributed by atoms with Crippen molar-refractivity contribution in [3.05, 3.63) is 39.7 Å². The lowest BCUT2D eigenvalue weighted by Gasteiger charge is -2.25. The number of nitrogens with zero attached hydrogens (tertiary/aromatic N) is 5. The third-order valence-electron chi connectivity index (χ3n) is 2.81. The van der Waals surface area contributed by atoms with Gasteiger partial charge in [-0.3, -0.25) is 4.99 Å². The zero-order chi connectivity index (χ0) is 12.5. The maximum Gasteiger partial charge on any atom is 0.381 e. The van der Waals surface area contributed by atoms with Crippen molar-refractivity contribution in [2.24, 2.45) is 9.98 Å². The minimum atomic E-state index is 0.327. The van der Waals surface area contributed by atoms with Gasteiger partial charge in [0.15, 0.2) is 18.8 Å². The predicted molar refractivity (Wildman–Crippen MR) is 65.6 cm³/mol. The number of nitroso groups, excluding NO2 is 1. The van der Waals surface area contributed by atoms with Crippen LogP contribution >= 0.6 is 0 Å². The van der Waals surface area contributed by atoms with Crippen LogP contribution in [0.25, 0.3) is 0 Å². The van der Waals surface area contributed by atoms with Crippen LogP contribution in [0.15, 0.2) is 28.2 Å². The molecule has 0 saturated carbocycles. The summed E-state index contributed by atoms with van der Waals surface area (Å²) in [6, 6.07) is 5.17.